The van der Waals surface area contributed by atoms with Gasteiger partial charge in [-0.3, -0.25) is 9.59 Å². The number of anilines is 1. The van der Waals surface area contributed by atoms with Crippen molar-refractivity contribution in [2.24, 2.45) is 5.41 Å². The molecular formula is C26H25N3O7S. The molecule has 0 aliphatic carbocycles. The van der Waals surface area contributed by atoms with Crippen LogP contribution in [0.1, 0.15) is 37.0 Å². The SMILES string of the molecule is COc1cc(NC(=O)C(=O)CC(C)(C)CCSc2nc3ccc(C(=O)O)cc3o2)ccc1-c1cnco1. The average molecular weight is 524 g/mol. The third-order valence-corrected chi connectivity index (χ3v) is 6.50. The number of hydrogen-bond donors (Lipinski definition) is 2. The number of amides is 1. The van der Waals surface area contributed by atoms with E-state index in [0.717, 1.165) is 0 Å². The highest BCUT2D eigenvalue weighted by atomic mass is 32.2. The van der Waals surface area contributed by atoms with Crippen molar-refractivity contribution in [1.29, 1.82) is 0 Å². The maximum absolute atomic E-state index is 12.7. The molecule has 0 aliphatic rings. The van der Waals surface area contributed by atoms with Crippen LogP contribution in [0.2, 0.25) is 0 Å². The van der Waals surface area contributed by atoms with Crippen molar-refractivity contribution in [2.75, 3.05) is 18.2 Å². The van der Waals surface area contributed by atoms with Crippen molar-refractivity contribution in [3.05, 3.63) is 54.6 Å². The summed E-state index contributed by atoms with van der Waals surface area (Å²) in [6.07, 6.45) is 3.55. The van der Waals surface area contributed by atoms with Gasteiger partial charge in [0.15, 0.2) is 17.7 Å². The normalized spacial score (nSPS) is 11.4. The van der Waals surface area contributed by atoms with E-state index in [4.69, 9.17) is 18.7 Å². The fourth-order valence-electron chi connectivity index (χ4n) is 3.64. The molecule has 0 saturated heterocycles. The molecule has 192 valence electrons. The van der Waals surface area contributed by atoms with Gasteiger partial charge in [-0.25, -0.2) is 14.8 Å². The number of Topliss-reactive ketones (excluding diaryl/α,β-unsaturated/α-hetero) is 1. The molecular weight excluding hydrogens is 498 g/mol. The number of carbonyl (C=O) groups is 3. The van der Waals surface area contributed by atoms with E-state index in [9.17, 15) is 14.4 Å². The lowest BCUT2D eigenvalue weighted by Gasteiger charge is -2.22. The summed E-state index contributed by atoms with van der Waals surface area (Å²) in [5, 5.41) is 12.2. The van der Waals surface area contributed by atoms with Crippen LogP contribution in [0.15, 0.2) is 63.0 Å². The molecule has 2 heterocycles. The number of carboxylic acids is 1. The van der Waals surface area contributed by atoms with E-state index in [0.29, 0.717) is 51.3 Å². The molecule has 10 nitrogen and oxygen atoms in total. The number of nitrogens with one attached hydrogen (secondary N) is 1. The second kappa shape index (κ2) is 10.9. The summed E-state index contributed by atoms with van der Waals surface area (Å²) < 4.78 is 16.3. The summed E-state index contributed by atoms with van der Waals surface area (Å²) in [4.78, 5) is 44.6. The van der Waals surface area contributed by atoms with Crippen LogP contribution in [-0.4, -0.2) is 45.6 Å². The molecule has 0 spiro atoms. The van der Waals surface area contributed by atoms with Crippen LogP contribution in [0.3, 0.4) is 0 Å². The number of methoxy groups -OCH3 is 1. The quantitative estimate of drug-likeness (QED) is 0.196. The highest BCUT2D eigenvalue weighted by Crippen LogP contribution is 2.33. The number of fused-ring (bicyclic) bond motifs is 1. The molecule has 0 fully saturated rings. The molecule has 0 atom stereocenters. The van der Waals surface area contributed by atoms with Crippen molar-refractivity contribution < 1.29 is 33.1 Å². The standard InChI is InChI=1S/C26H25N3O7S/c1-26(2,8-9-37-25-29-18-7-4-15(24(32)33)10-21(18)36-25)12-19(30)23(31)28-16-5-6-17(20(11-16)34-3)22-13-27-14-35-22/h4-7,10-11,13-14H,8-9,12H2,1-3H3,(H,28,31)(H,32,33). The van der Waals surface area contributed by atoms with Crippen LogP contribution in [0, 0.1) is 5.41 Å². The maximum atomic E-state index is 12.7. The Labute approximate surface area is 216 Å². The number of nitrogens with zero attached hydrogens (tertiary/aromatic N) is 2. The van der Waals surface area contributed by atoms with Crippen molar-refractivity contribution >= 4 is 46.2 Å². The van der Waals surface area contributed by atoms with E-state index < -0.39 is 23.1 Å². The minimum atomic E-state index is -1.04. The van der Waals surface area contributed by atoms with Crippen LogP contribution in [0.5, 0.6) is 5.75 Å². The summed E-state index contributed by atoms with van der Waals surface area (Å²) >= 11 is 1.37. The lowest BCUT2D eigenvalue weighted by Crippen LogP contribution is -2.28. The number of carbonyl (C=O) groups excluding carboxylic acids is 2. The van der Waals surface area contributed by atoms with Crippen LogP contribution >= 0.6 is 11.8 Å². The molecule has 0 bridgehead atoms. The number of oxazole rings is 2. The molecule has 1 amide bonds. The van der Waals surface area contributed by atoms with Gasteiger partial charge in [0.25, 0.3) is 11.1 Å². The predicted octanol–water partition coefficient (Wildman–Crippen LogP) is 5.30. The second-order valence-electron chi connectivity index (χ2n) is 9.06. The number of ether oxygens (including phenoxy) is 1. The van der Waals surface area contributed by atoms with Crippen LogP contribution in [0.4, 0.5) is 5.69 Å². The first-order chi connectivity index (χ1) is 17.6. The molecule has 0 aliphatic heterocycles. The smallest absolute Gasteiger partial charge is 0.335 e. The lowest BCUT2D eigenvalue weighted by atomic mass is 9.84. The van der Waals surface area contributed by atoms with Gasteiger partial charge in [0, 0.05) is 23.9 Å². The first-order valence-corrected chi connectivity index (χ1v) is 12.3. The highest BCUT2D eigenvalue weighted by molar-refractivity contribution is 7.99. The van der Waals surface area contributed by atoms with Crippen LogP contribution < -0.4 is 10.1 Å². The molecule has 0 unspecified atom stereocenters. The first kappa shape index (κ1) is 26.0. The summed E-state index contributed by atoms with van der Waals surface area (Å²) in [6, 6.07) is 9.51. The van der Waals surface area contributed by atoms with E-state index in [1.54, 1.807) is 30.5 Å². The Morgan fingerprint density at radius 3 is 2.68 bits per heavy atom. The Hall–Kier alpha value is -4.12. The molecule has 0 saturated carbocycles. The zero-order valence-electron chi connectivity index (χ0n) is 20.4. The molecule has 2 aromatic carbocycles. The van der Waals surface area contributed by atoms with Gasteiger partial charge in [0.1, 0.15) is 11.3 Å². The molecule has 37 heavy (non-hydrogen) atoms. The first-order valence-electron chi connectivity index (χ1n) is 11.3. The van der Waals surface area contributed by atoms with Crippen LogP contribution in [0.25, 0.3) is 22.4 Å². The van der Waals surface area contributed by atoms with Crippen molar-refractivity contribution in [3.8, 4) is 17.1 Å². The molecule has 2 aromatic heterocycles. The third kappa shape index (κ3) is 6.36. The number of carboxylic acid groups (broad SMARTS) is 1. The minimum absolute atomic E-state index is 0.0577. The van der Waals surface area contributed by atoms with Gasteiger partial charge in [-0.15, -0.1) is 0 Å². The molecule has 2 N–H and O–H groups in total. The Bertz CT molecular complexity index is 1440. The number of aromatic carboxylic acids is 1. The monoisotopic (exact) mass is 523 g/mol. The highest BCUT2D eigenvalue weighted by Gasteiger charge is 2.26. The largest absolute Gasteiger partial charge is 0.496 e. The number of rotatable bonds is 11. The average Bonchev–Trinajstić information content (AvgIpc) is 3.52. The van der Waals surface area contributed by atoms with Gasteiger partial charge < -0.3 is 24.0 Å². The Morgan fingerprint density at radius 1 is 1.16 bits per heavy atom. The third-order valence-electron chi connectivity index (χ3n) is 5.67. The minimum Gasteiger partial charge on any atom is -0.496 e. The summed E-state index contributed by atoms with van der Waals surface area (Å²) in [7, 11) is 1.50. The Morgan fingerprint density at radius 2 is 1.97 bits per heavy atom. The van der Waals surface area contributed by atoms with Crippen LogP contribution in [-0.2, 0) is 9.59 Å². The number of benzene rings is 2. The maximum Gasteiger partial charge on any atom is 0.335 e. The molecule has 11 heteroatoms. The Kier molecular flexibility index (Phi) is 7.63. The van der Waals surface area contributed by atoms with Crippen molar-refractivity contribution in [2.45, 2.75) is 31.9 Å². The predicted molar refractivity (Wildman–Crippen MR) is 137 cm³/mol. The summed E-state index contributed by atoms with van der Waals surface area (Å²) in [6.45, 7) is 3.83. The van der Waals surface area contributed by atoms with E-state index in [1.165, 1.54) is 37.4 Å². The van der Waals surface area contributed by atoms with Gasteiger partial charge in [-0.2, -0.15) is 0 Å². The topological polar surface area (TPSA) is 145 Å². The van der Waals surface area contributed by atoms with Crippen molar-refractivity contribution in [1.82, 2.24) is 9.97 Å². The van der Waals surface area contributed by atoms with E-state index in [-0.39, 0.29) is 12.0 Å². The van der Waals surface area contributed by atoms with E-state index in [1.807, 2.05) is 13.8 Å². The zero-order valence-corrected chi connectivity index (χ0v) is 21.3. The molecule has 4 rings (SSSR count). The van der Waals surface area contributed by atoms with Gasteiger partial charge >= 0.3 is 5.97 Å². The van der Waals surface area contributed by atoms with Gasteiger partial charge in [-0.1, -0.05) is 25.6 Å². The fraction of sp³-hybridized carbons (Fsp3) is 0.269. The van der Waals surface area contributed by atoms with E-state index in [2.05, 4.69) is 15.3 Å². The van der Waals surface area contributed by atoms with Gasteiger partial charge in [0.05, 0.1) is 24.4 Å². The molecule has 4 aromatic rings. The number of ketones is 1. The van der Waals surface area contributed by atoms with E-state index >= 15 is 0 Å². The van der Waals surface area contributed by atoms with Crippen molar-refractivity contribution in [3.63, 3.8) is 0 Å². The molecule has 0 radical (unpaired) electrons. The number of hydrogen-bond acceptors (Lipinski definition) is 9. The Balaban J connectivity index is 1.31. The lowest BCUT2D eigenvalue weighted by molar-refractivity contribution is -0.136. The number of aromatic nitrogens is 2. The van der Waals surface area contributed by atoms with Gasteiger partial charge in [0.2, 0.25) is 5.78 Å². The zero-order chi connectivity index (χ0) is 26.6. The van der Waals surface area contributed by atoms with Gasteiger partial charge in [-0.05, 0) is 42.2 Å². The fourth-order valence-corrected chi connectivity index (χ4v) is 4.78. The second-order valence-corrected chi connectivity index (χ2v) is 10.1. The summed E-state index contributed by atoms with van der Waals surface area (Å²) in [5.41, 5.74) is 1.75. The number of thioether (sulfide) groups is 1. The summed E-state index contributed by atoms with van der Waals surface area (Å²) in [5.74, 6) is -0.683.